The highest BCUT2D eigenvalue weighted by atomic mass is 28.3. The van der Waals surface area contributed by atoms with Gasteiger partial charge in [0.25, 0.3) is 0 Å². The molecular weight excluding hydrogens is 893 g/mol. The number of hydrogen-bond acceptors (Lipinski definition) is 0. The van der Waals surface area contributed by atoms with E-state index in [0.717, 1.165) is 66.1 Å². The predicted octanol–water partition coefficient (Wildman–Crippen LogP) is 14.7. The molecule has 334 valence electrons. The summed E-state index contributed by atoms with van der Waals surface area (Å²) >= 11 is 0. The van der Waals surface area contributed by atoms with E-state index in [9.17, 15) is 0 Å². The summed E-state index contributed by atoms with van der Waals surface area (Å²) < 4.78 is 0. The van der Waals surface area contributed by atoms with Gasteiger partial charge in [0.1, 0.15) is 56.5 Å². The van der Waals surface area contributed by atoms with Gasteiger partial charge in [0.2, 0.25) is 0 Å². The maximum Gasteiger partial charge on any atom is 0.129 e. The Bertz CT molecular complexity index is 2890. The van der Waals surface area contributed by atoms with Gasteiger partial charge in [0.05, 0.1) is 0 Å². The Morgan fingerprint density at radius 1 is 0.231 bits per heavy atom. The molecule has 0 aliphatic heterocycles. The first-order chi connectivity index (χ1) is 29.5. The van der Waals surface area contributed by atoms with Crippen molar-refractivity contribution in [1.82, 2.24) is 0 Å². The van der Waals surface area contributed by atoms with Crippen LogP contribution >= 0.6 is 0 Å². The molecule has 0 saturated carbocycles. The van der Waals surface area contributed by atoms with E-state index in [0.29, 0.717) is 0 Å². The Balaban J connectivity index is 0.000000347. The van der Waals surface area contributed by atoms with Crippen LogP contribution in [0, 0.1) is 92.1 Å². The molecule has 0 unspecified atom stereocenters. The Labute approximate surface area is 404 Å². The Morgan fingerprint density at radius 2 is 0.400 bits per heavy atom. The van der Waals surface area contributed by atoms with E-state index >= 15 is 0 Å². The summed E-state index contributed by atoms with van der Waals surface area (Å²) in [5.41, 5.74) is 33.1. The highest BCUT2D eigenvalue weighted by Gasteiger charge is 2.18. The average Bonchev–Trinajstić information content (AvgIpc) is 3.13. The molecule has 0 aliphatic carbocycles. The second-order valence-corrected chi connectivity index (χ2v) is 57.3. The zero-order chi connectivity index (χ0) is 49.4. The summed E-state index contributed by atoms with van der Waals surface area (Å²) in [5, 5.41) is 4.55. The molecule has 0 saturated heterocycles. The quantitative estimate of drug-likeness (QED) is 0.122. The van der Waals surface area contributed by atoms with Crippen molar-refractivity contribution in [2.24, 2.45) is 0 Å². The van der Waals surface area contributed by atoms with E-state index in [1.54, 1.807) is 0 Å². The Kier molecular flexibility index (Phi) is 18.0. The summed E-state index contributed by atoms with van der Waals surface area (Å²) in [6.45, 7) is 49.7. The SMILES string of the molecule is CC#Cc1ccc2c(C#C[Si](C)(C)C)c(C#C[Si](C)(C)C)ccc2c1C#C[Si](C)(C)C.C[Si](C)(C)C#Cc1ccc2c(C#C[Si](C)(C)C)c(C#C[Si](C)(C)C)ccc2c1C#C[Si](C)(C)C. The lowest BCUT2D eigenvalue weighted by atomic mass is 9.94. The van der Waals surface area contributed by atoms with Gasteiger partial charge < -0.3 is 0 Å². The molecule has 65 heavy (non-hydrogen) atoms. The monoisotopic (exact) mass is 966 g/mol. The fourth-order valence-electron chi connectivity index (χ4n) is 5.67. The minimum Gasteiger partial charge on any atom is -0.127 e. The topological polar surface area (TPSA) is 0 Å². The molecule has 4 rings (SSSR count). The fraction of sp³-hybridized carbons (Fsp3) is 0.379. The van der Waals surface area contributed by atoms with Crippen molar-refractivity contribution in [1.29, 1.82) is 0 Å². The lowest BCUT2D eigenvalue weighted by molar-refractivity contribution is 1.59. The molecular formula is C58H74Si7. The van der Waals surface area contributed by atoms with Gasteiger partial charge in [-0.25, -0.2) is 0 Å². The van der Waals surface area contributed by atoms with Gasteiger partial charge in [-0.15, -0.1) is 44.7 Å². The fourth-order valence-corrected chi connectivity index (χ4v) is 9.19. The molecule has 7 heteroatoms. The Morgan fingerprint density at radius 3 is 0.569 bits per heavy atom. The largest absolute Gasteiger partial charge is 0.129 e. The molecule has 0 radical (unpaired) electrons. The van der Waals surface area contributed by atoms with Crippen LogP contribution in [0.4, 0.5) is 0 Å². The van der Waals surface area contributed by atoms with E-state index in [-0.39, 0.29) is 0 Å². The molecule has 0 nitrogen and oxygen atoms in total. The van der Waals surface area contributed by atoms with Gasteiger partial charge in [0, 0.05) is 44.5 Å². The third-order valence-corrected chi connectivity index (χ3v) is 14.8. The molecule has 4 aromatic carbocycles. The van der Waals surface area contributed by atoms with Gasteiger partial charge in [-0.2, -0.15) is 0 Å². The van der Waals surface area contributed by atoms with Crippen LogP contribution in [-0.2, 0) is 0 Å². The van der Waals surface area contributed by atoms with Gasteiger partial charge >= 0.3 is 0 Å². The highest BCUT2D eigenvalue weighted by molar-refractivity contribution is 6.86. The van der Waals surface area contributed by atoms with Crippen LogP contribution < -0.4 is 0 Å². The molecule has 0 N–H and O–H groups in total. The minimum atomic E-state index is -1.55. The van der Waals surface area contributed by atoms with Crippen LogP contribution in [0.25, 0.3) is 21.5 Å². The van der Waals surface area contributed by atoms with Gasteiger partial charge in [-0.05, 0) is 52.7 Å². The second kappa shape index (κ2) is 21.4. The predicted molar refractivity (Wildman–Crippen MR) is 312 cm³/mol. The van der Waals surface area contributed by atoms with Crippen molar-refractivity contribution in [2.45, 2.75) is 144 Å². The summed E-state index contributed by atoms with van der Waals surface area (Å²) in [5.74, 6) is 30.9. The molecule has 0 aliphatic rings. The number of benzene rings is 4. The smallest absolute Gasteiger partial charge is 0.127 e. The maximum absolute atomic E-state index is 3.58. The maximum atomic E-state index is 3.58. The highest BCUT2D eigenvalue weighted by Crippen LogP contribution is 2.29. The van der Waals surface area contributed by atoms with Crippen LogP contribution in [-0.4, -0.2) is 56.5 Å². The molecule has 0 aromatic heterocycles. The van der Waals surface area contributed by atoms with Crippen LogP contribution in [0.3, 0.4) is 0 Å². The van der Waals surface area contributed by atoms with E-state index in [1.807, 2.05) is 6.92 Å². The van der Waals surface area contributed by atoms with Crippen molar-refractivity contribution in [3.63, 3.8) is 0 Å². The normalized spacial score (nSPS) is 11.5. The first-order valence-electron chi connectivity index (χ1n) is 22.9. The minimum absolute atomic E-state index is 0.991. The van der Waals surface area contributed by atoms with Gasteiger partial charge in [-0.3, -0.25) is 0 Å². The molecule has 0 atom stereocenters. The molecule has 0 bridgehead atoms. The summed E-state index contributed by atoms with van der Waals surface area (Å²) in [4.78, 5) is 0. The van der Waals surface area contributed by atoms with Gasteiger partial charge in [-0.1, -0.05) is 209 Å². The van der Waals surface area contributed by atoms with E-state index < -0.39 is 56.5 Å². The zero-order valence-electron chi connectivity index (χ0n) is 44.1. The van der Waals surface area contributed by atoms with Gasteiger partial charge in [0.15, 0.2) is 0 Å². The lowest BCUT2D eigenvalue weighted by Crippen LogP contribution is -2.17. The van der Waals surface area contributed by atoms with Crippen molar-refractivity contribution in [3.05, 3.63) is 93.0 Å². The van der Waals surface area contributed by atoms with E-state index in [4.69, 9.17) is 0 Å². The third-order valence-electron chi connectivity index (χ3n) is 8.63. The third kappa shape index (κ3) is 19.4. The molecule has 0 fully saturated rings. The zero-order valence-corrected chi connectivity index (χ0v) is 51.1. The molecule has 0 spiro atoms. The van der Waals surface area contributed by atoms with Crippen molar-refractivity contribution < 1.29 is 0 Å². The first kappa shape index (κ1) is 54.7. The van der Waals surface area contributed by atoms with Crippen LogP contribution in [0.5, 0.6) is 0 Å². The number of hydrogen-bond donors (Lipinski definition) is 0. The first-order valence-corrected chi connectivity index (χ1v) is 47.4. The molecule has 4 aromatic rings. The standard InChI is InChI=1S/C30H40Si4.C28H34Si3/c1-31(2,3)21-17-25-13-15-30-28(20-24-34(10,11)12)26(18-22-32(4,5)6)14-16-29(30)27(25)19-23-33(7,8)9;1-11-12-23-13-15-28-26(19-22-31(8,9)10)24(17-20-29(2,3)4)14-16-27(28)25(23)18-21-30(5,6)7/h13-16H,1-12H3;13-16H,1-10H3. The van der Waals surface area contributed by atoms with Crippen molar-refractivity contribution in [3.8, 4) is 92.1 Å². The summed E-state index contributed by atoms with van der Waals surface area (Å²) in [6, 6.07) is 17.2. The van der Waals surface area contributed by atoms with Crippen LogP contribution in [0.15, 0.2) is 48.5 Å². The second-order valence-electron chi connectivity index (χ2n) is 24.0. The van der Waals surface area contributed by atoms with E-state index in [1.165, 1.54) is 0 Å². The van der Waals surface area contributed by atoms with E-state index in [2.05, 4.69) is 278 Å². The Hall–Kier alpha value is -4.60. The van der Waals surface area contributed by atoms with Crippen LogP contribution in [0.1, 0.15) is 51.4 Å². The summed E-state index contributed by atoms with van der Waals surface area (Å²) in [6.07, 6.45) is 0. The number of fused-ring (bicyclic) bond motifs is 2. The van der Waals surface area contributed by atoms with Crippen molar-refractivity contribution >= 4 is 78.1 Å². The number of rotatable bonds is 0. The molecule has 0 heterocycles. The lowest BCUT2D eigenvalue weighted by Gasteiger charge is -2.12. The van der Waals surface area contributed by atoms with Crippen molar-refractivity contribution in [2.75, 3.05) is 0 Å². The average molecular weight is 968 g/mol. The summed E-state index contributed by atoms with van der Waals surface area (Å²) in [7, 11) is -10.7. The molecule has 0 amide bonds. The van der Waals surface area contributed by atoms with Crippen LogP contribution in [0.2, 0.25) is 137 Å².